The summed E-state index contributed by atoms with van der Waals surface area (Å²) < 4.78 is 10.4. The van der Waals surface area contributed by atoms with Gasteiger partial charge < -0.3 is 9.47 Å². The number of rotatable bonds is 5. The van der Waals surface area contributed by atoms with Crippen LogP contribution in [0.2, 0.25) is 5.02 Å². The van der Waals surface area contributed by atoms with Crippen molar-refractivity contribution in [2.75, 3.05) is 20.3 Å². The van der Waals surface area contributed by atoms with Gasteiger partial charge in [-0.2, -0.15) is 0 Å². The molecule has 1 aromatic rings. The minimum absolute atomic E-state index is 0.145. The fraction of sp³-hybridized carbons (Fsp3) is 0.462. The highest BCUT2D eigenvalue weighted by Gasteiger charge is 2.19. The van der Waals surface area contributed by atoms with Gasteiger partial charge in [0, 0.05) is 37.0 Å². The summed E-state index contributed by atoms with van der Waals surface area (Å²) in [5.41, 5.74) is 2.00. The molecule has 0 spiro atoms. The van der Waals surface area contributed by atoms with E-state index in [0.717, 1.165) is 23.3 Å². The maximum atomic E-state index is 11.7. The second kappa shape index (κ2) is 5.52. The Morgan fingerprint density at radius 2 is 2.35 bits per heavy atom. The van der Waals surface area contributed by atoms with Gasteiger partial charge >= 0.3 is 0 Å². The van der Waals surface area contributed by atoms with Gasteiger partial charge in [-0.05, 0) is 17.7 Å². The summed E-state index contributed by atoms with van der Waals surface area (Å²) >= 11 is 6.02. The van der Waals surface area contributed by atoms with E-state index in [0.29, 0.717) is 31.1 Å². The Morgan fingerprint density at radius 1 is 1.53 bits per heavy atom. The van der Waals surface area contributed by atoms with Crippen molar-refractivity contribution in [1.82, 2.24) is 0 Å². The second-order valence-electron chi connectivity index (χ2n) is 4.11. The molecule has 1 aliphatic heterocycles. The smallest absolute Gasteiger partial charge is 0.139 e. The molecule has 0 bridgehead atoms. The maximum absolute atomic E-state index is 11.7. The van der Waals surface area contributed by atoms with Crippen molar-refractivity contribution < 1.29 is 14.3 Å². The molecule has 0 fully saturated rings. The molecule has 0 amide bonds. The first-order valence-corrected chi connectivity index (χ1v) is 6.03. The molecule has 1 heterocycles. The number of ether oxygens (including phenoxy) is 2. The fourth-order valence-corrected chi connectivity index (χ4v) is 2.26. The lowest BCUT2D eigenvalue weighted by atomic mass is 10.0. The zero-order valence-electron chi connectivity index (χ0n) is 9.79. The molecule has 0 aromatic heterocycles. The standard InChI is InChI=1S/C13H15ClO3/c1-16-4-3-12(15)8-10-7-11(14)6-9-2-5-17-13(9)10/h6-7H,2-5,8H2,1H3. The van der Waals surface area contributed by atoms with Crippen LogP contribution in [-0.4, -0.2) is 26.1 Å². The number of benzene rings is 1. The van der Waals surface area contributed by atoms with E-state index >= 15 is 0 Å². The van der Waals surface area contributed by atoms with E-state index in [9.17, 15) is 4.79 Å². The summed E-state index contributed by atoms with van der Waals surface area (Å²) in [4.78, 5) is 11.7. The Labute approximate surface area is 106 Å². The molecule has 0 aliphatic carbocycles. The lowest BCUT2D eigenvalue weighted by Gasteiger charge is -2.08. The molecule has 0 unspecified atom stereocenters. The van der Waals surface area contributed by atoms with Crippen LogP contribution in [0.25, 0.3) is 0 Å². The van der Waals surface area contributed by atoms with Crippen LogP contribution in [0, 0.1) is 0 Å². The van der Waals surface area contributed by atoms with Gasteiger partial charge in [-0.15, -0.1) is 0 Å². The number of ketones is 1. The van der Waals surface area contributed by atoms with Crippen molar-refractivity contribution in [1.29, 1.82) is 0 Å². The van der Waals surface area contributed by atoms with Gasteiger partial charge in [0.1, 0.15) is 11.5 Å². The van der Waals surface area contributed by atoms with E-state index in [4.69, 9.17) is 21.1 Å². The minimum atomic E-state index is 0.145. The summed E-state index contributed by atoms with van der Waals surface area (Å²) in [6.07, 6.45) is 1.67. The first-order chi connectivity index (χ1) is 8.20. The predicted octanol–water partition coefficient (Wildman–Crippen LogP) is 2.42. The average Bonchev–Trinajstić information content (AvgIpc) is 2.74. The average molecular weight is 255 g/mol. The van der Waals surface area contributed by atoms with Crippen LogP contribution in [0.3, 0.4) is 0 Å². The summed E-state index contributed by atoms with van der Waals surface area (Å²) in [7, 11) is 1.59. The van der Waals surface area contributed by atoms with Gasteiger partial charge in [0.15, 0.2) is 0 Å². The summed E-state index contributed by atoms with van der Waals surface area (Å²) in [6.45, 7) is 1.14. The molecule has 0 saturated carbocycles. The largest absolute Gasteiger partial charge is 0.493 e. The SMILES string of the molecule is COCCC(=O)Cc1cc(Cl)cc2c1OCC2. The summed E-state index contributed by atoms with van der Waals surface area (Å²) in [6, 6.07) is 3.73. The number of carbonyl (C=O) groups is 1. The monoisotopic (exact) mass is 254 g/mol. The van der Waals surface area contributed by atoms with Crippen LogP contribution < -0.4 is 4.74 Å². The lowest BCUT2D eigenvalue weighted by Crippen LogP contribution is -2.07. The van der Waals surface area contributed by atoms with Gasteiger partial charge in [-0.25, -0.2) is 0 Å². The Balaban J connectivity index is 2.13. The van der Waals surface area contributed by atoms with Crippen LogP contribution in [0.5, 0.6) is 5.75 Å². The third-order valence-electron chi connectivity index (χ3n) is 2.80. The van der Waals surface area contributed by atoms with Gasteiger partial charge in [0.2, 0.25) is 0 Å². The van der Waals surface area contributed by atoms with Crippen molar-refractivity contribution in [3.63, 3.8) is 0 Å². The number of carbonyl (C=O) groups excluding carboxylic acids is 1. The molecule has 0 saturated heterocycles. The van der Waals surface area contributed by atoms with Crippen LogP contribution in [0.15, 0.2) is 12.1 Å². The number of methoxy groups -OCH3 is 1. The Morgan fingerprint density at radius 3 is 3.12 bits per heavy atom. The molecule has 1 aromatic carbocycles. The van der Waals surface area contributed by atoms with E-state index in [2.05, 4.69) is 0 Å². The normalized spacial score (nSPS) is 13.3. The van der Waals surface area contributed by atoms with E-state index in [1.807, 2.05) is 12.1 Å². The predicted molar refractivity (Wildman–Crippen MR) is 65.9 cm³/mol. The lowest BCUT2D eigenvalue weighted by molar-refractivity contribution is -0.119. The zero-order valence-corrected chi connectivity index (χ0v) is 10.5. The maximum Gasteiger partial charge on any atom is 0.139 e. The number of hydrogen-bond acceptors (Lipinski definition) is 3. The molecular formula is C13H15ClO3. The highest BCUT2D eigenvalue weighted by atomic mass is 35.5. The summed E-state index contributed by atoms with van der Waals surface area (Å²) in [5.74, 6) is 0.993. The molecule has 92 valence electrons. The molecule has 3 nitrogen and oxygen atoms in total. The third kappa shape index (κ3) is 2.99. The molecule has 0 atom stereocenters. The van der Waals surface area contributed by atoms with Crippen molar-refractivity contribution >= 4 is 17.4 Å². The molecule has 4 heteroatoms. The summed E-state index contributed by atoms with van der Waals surface area (Å²) in [5, 5.41) is 0.670. The number of fused-ring (bicyclic) bond motifs is 1. The van der Waals surface area contributed by atoms with Crippen molar-refractivity contribution in [3.05, 3.63) is 28.3 Å². The number of Topliss-reactive ketones (excluding diaryl/α,β-unsaturated/α-hetero) is 1. The highest BCUT2D eigenvalue weighted by molar-refractivity contribution is 6.30. The molecule has 2 rings (SSSR count). The number of halogens is 1. The topological polar surface area (TPSA) is 35.5 Å². The Kier molecular flexibility index (Phi) is 4.02. The minimum Gasteiger partial charge on any atom is -0.493 e. The molecule has 0 radical (unpaired) electrons. The molecule has 17 heavy (non-hydrogen) atoms. The molecular weight excluding hydrogens is 240 g/mol. The molecule has 1 aliphatic rings. The third-order valence-corrected chi connectivity index (χ3v) is 3.02. The van der Waals surface area contributed by atoms with Crippen LogP contribution in [0.4, 0.5) is 0 Å². The van der Waals surface area contributed by atoms with E-state index in [1.54, 1.807) is 7.11 Å². The van der Waals surface area contributed by atoms with Gasteiger partial charge in [0.25, 0.3) is 0 Å². The van der Waals surface area contributed by atoms with E-state index in [1.165, 1.54) is 0 Å². The number of hydrogen-bond donors (Lipinski definition) is 0. The fourth-order valence-electron chi connectivity index (χ4n) is 1.99. The van der Waals surface area contributed by atoms with Crippen LogP contribution >= 0.6 is 11.6 Å². The van der Waals surface area contributed by atoms with E-state index < -0.39 is 0 Å². The van der Waals surface area contributed by atoms with Gasteiger partial charge in [-0.3, -0.25) is 4.79 Å². The molecule has 0 N–H and O–H groups in total. The van der Waals surface area contributed by atoms with Crippen LogP contribution in [0.1, 0.15) is 17.5 Å². The quantitative estimate of drug-likeness (QED) is 0.810. The second-order valence-corrected chi connectivity index (χ2v) is 4.55. The van der Waals surface area contributed by atoms with Gasteiger partial charge in [0.05, 0.1) is 13.2 Å². The van der Waals surface area contributed by atoms with Crippen molar-refractivity contribution in [2.45, 2.75) is 19.3 Å². The van der Waals surface area contributed by atoms with Gasteiger partial charge in [-0.1, -0.05) is 11.6 Å². The first-order valence-electron chi connectivity index (χ1n) is 5.65. The van der Waals surface area contributed by atoms with Crippen molar-refractivity contribution in [3.8, 4) is 5.75 Å². The van der Waals surface area contributed by atoms with Crippen molar-refractivity contribution in [2.24, 2.45) is 0 Å². The first kappa shape index (κ1) is 12.4. The Hall–Kier alpha value is -1.06. The van der Waals surface area contributed by atoms with Crippen LogP contribution in [-0.2, 0) is 22.4 Å². The zero-order chi connectivity index (χ0) is 12.3. The van der Waals surface area contributed by atoms with E-state index in [-0.39, 0.29) is 5.78 Å². The highest BCUT2D eigenvalue weighted by Crippen LogP contribution is 2.33. The Bertz CT molecular complexity index is 429.